The molecule has 1 aromatic carbocycles. The third-order valence-electron chi connectivity index (χ3n) is 2.70. The quantitative estimate of drug-likeness (QED) is 0.795. The Hall–Kier alpha value is -1.74. The van der Waals surface area contributed by atoms with Gasteiger partial charge in [0.05, 0.1) is 11.6 Å². The van der Waals surface area contributed by atoms with Crippen LogP contribution in [0.25, 0.3) is 10.9 Å². The van der Waals surface area contributed by atoms with Crippen LogP contribution in [0.4, 0.5) is 0 Å². The number of nitrogens with zero attached hydrogens (tertiary/aromatic N) is 1. The Morgan fingerprint density at radius 1 is 1.38 bits per heavy atom. The largest absolute Gasteiger partial charge is 0.310 e. The highest BCUT2D eigenvalue weighted by atomic mass is 16.1. The molecule has 3 nitrogen and oxygen atoms in total. The van der Waals surface area contributed by atoms with E-state index in [2.05, 4.69) is 10.3 Å². The minimum atomic E-state index is -0.178. The summed E-state index contributed by atoms with van der Waals surface area (Å²) in [5.41, 5.74) is 1.57. The van der Waals surface area contributed by atoms with Gasteiger partial charge in [0.25, 0.3) is 0 Å². The lowest BCUT2D eigenvalue weighted by Gasteiger charge is -2.08. The first kappa shape index (κ1) is 10.8. The first-order valence-electron chi connectivity index (χ1n) is 5.28. The Kier molecular flexibility index (Phi) is 2.97. The molecule has 0 fully saturated rings. The number of rotatable bonds is 3. The number of hydrogen-bond donors (Lipinski definition) is 1. The van der Waals surface area contributed by atoms with Crippen molar-refractivity contribution in [3.05, 3.63) is 42.1 Å². The van der Waals surface area contributed by atoms with Gasteiger partial charge in [0.15, 0.2) is 5.78 Å². The number of hydrogen-bond acceptors (Lipinski definition) is 3. The predicted molar refractivity (Wildman–Crippen MR) is 64.6 cm³/mol. The number of para-hydroxylation sites is 1. The average Bonchev–Trinajstić information content (AvgIpc) is 2.36. The van der Waals surface area contributed by atoms with Crippen molar-refractivity contribution in [3.8, 4) is 0 Å². The van der Waals surface area contributed by atoms with Crippen LogP contribution in [0.5, 0.6) is 0 Å². The monoisotopic (exact) mass is 214 g/mol. The standard InChI is InChI=1S/C13H14N2O/c1-9(14-2)13(16)11-7-10-5-3-4-6-12(10)15-8-11/h3-9,14H,1-2H3. The Balaban J connectivity index is 2.43. The maximum absolute atomic E-state index is 11.9. The van der Waals surface area contributed by atoms with Crippen molar-refractivity contribution >= 4 is 16.7 Å². The van der Waals surface area contributed by atoms with E-state index in [9.17, 15) is 4.79 Å². The summed E-state index contributed by atoms with van der Waals surface area (Å²) in [6.45, 7) is 1.84. The fraction of sp³-hybridized carbons (Fsp3) is 0.231. The van der Waals surface area contributed by atoms with Gasteiger partial charge in [0, 0.05) is 17.1 Å². The smallest absolute Gasteiger partial charge is 0.180 e. The highest BCUT2D eigenvalue weighted by Gasteiger charge is 2.13. The van der Waals surface area contributed by atoms with Gasteiger partial charge in [-0.3, -0.25) is 9.78 Å². The number of Topliss-reactive ketones (excluding diaryl/α,β-unsaturated/α-hetero) is 1. The number of carbonyl (C=O) groups excluding carboxylic acids is 1. The molecule has 1 unspecified atom stereocenters. The van der Waals surface area contributed by atoms with Gasteiger partial charge >= 0.3 is 0 Å². The summed E-state index contributed by atoms with van der Waals surface area (Å²) in [4.78, 5) is 16.2. The van der Waals surface area contributed by atoms with Crippen molar-refractivity contribution in [2.45, 2.75) is 13.0 Å². The van der Waals surface area contributed by atoms with Crippen LogP contribution in [0.15, 0.2) is 36.5 Å². The average molecular weight is 214 g/mol. The maximum Gasteiger partial charge on any atom is 0.180 e. The summed E-state index contributed by atoms with van der Waals surface area (Å²) >= 11 is 0. The SMILES string of the molecule is CNC(C)C(=O)c1cnc2ccccc2c1. The van der Waals surface area contributed by atoms with E-state index in [4.69, 9.17) is 0 Å². The lowest BCUT2D eigenvalue weighted by molar-refractivity contribution is 0.0955. The minimum absolute atomic E-state index is 0.0701. The molecule has 1 atom stereocenters. The van der Waals surface area contributed by atoms with Crippen LogP contribution in [0.2, 0.25) is 0 Å². The third kappa shape index (κ3) is 1.95. The molecule has 0 saturated carbocycles. The molecule has 0 bridgehead atoms. The molecule has 1 N–H and O–H groups in total. The van der Waals surface area contributed by atoms with E-state index >= 15 is 0 Å². The molecule has 0 saturated heterocycles. The number of nitrogens with one attached hydrogen (secondary N) is 1. The molecule has 0 aliphatic rings. The van der Waals surface area contributed by atoms with Crippen molar-refractivity contribution in [1.82, 2.24) is 10.3 Å². The van der Waals surface area contributed by atoms with E-state index in [-0.39, 0.29) is 11.8 Å². The van der Waals surface area contributed by atoms with E-state index in [0.29, 0.717) is 5.56 Å². The number of pyridine rings is 1. The molecule has 3 heteroatoms. The zero-order chi connectivity index (χ0) is 11.5. The number of fused-ring (bicyclic) bond motifs is 1. The summed E-state index contributed by atoms with van der Waals surface area (Å²) < 4.78 is 0. The predicted octanol–water partition coefficient (Wildman–Crippen LogP) is 2.03. The molecule has 1 aromatic heterocycles. The Labute approximate surface area is 94.5 Å². The van der Waals surface area contributed by atoms with Crippen LogP contribution in [0, 0.1) is 0 Å². The normalized spacial score (nSPS) is 12.6. The van der Waals surface area contributed by atoms with E-state index in [1.807, 2.05) is 37.3 Å². The van der Waals surface area contributed by atoms with Crippen LogP contribution in [0.3, 0.4) is 0 Å². The fourth-order valence-corrected chi connectivity index (χ4v) is 1.59. The summed E-state index contributed by atoms with van der Waals surface area (Å²) in [7, 11) is 1.77. The number of aromatic nitrogens is 1. The third-order valence-corrected chi connectivity index (χ3v) is 2.70. The topological polar surface area (TPSA) is 42.0 Å². The zero-order valence-corrected chi connectivity index (χ0v) is 9.40. The van der Waals surface area contributed by atoms with Gasteiger partial charge in [-0.05, 0) is 26.1 Å². The van der Waals surface area contributed by atoms with Crippen LogP contribution < -0.4 is 5.32 Å². The van der Waals surface area contributed by atoms with E-state index < -0.39 is 0 Å². The Morgan fingerprint density at radius 3 is 2.88 bits per heavy atom. The molecule has 2 aromatic rings. The van der Waals surface area contributed by atoms with Gasteiger partial charge in [-0.1, -0.05) is 18.2 Å². The molecular weight excluding hydrogens is 200 g/mol. The second-order valence-corrected chi connectivity index (χ2v) is 3.79. The van der Waals surface area contributed by atoms with Gasteiger partial charge in [0.1, 0.15) is 0 Å². The molecule has 1 heterocycles. The van der Waals surface area contributed by atoms with Crippen molar-refractivity contribution < 1.29 is 4.79 Å². The summed E-state index contributed by atoms with van der Waals surface area (Å²) in [6, 6.07) is 9.49. The van der Waals surface area contributed by atoms with Gasteiger partial charge in [-0.15, -0.1) is 0 Å². The highest BCUT2D eigenvalue weighted by Crippen LogP contribution is 2.13. The first-order valence-corrected chi connectivity index (χ1v) is 5.28. The summed E-state index contributed by atoms with van der Waals surface area (Å²) in [5.74, 6) is 0.0701. The summed E-state index contributed by atoms with van der Waals surface area (Å²) in [5, 5.41) is 3.93. The van der Waals surface area contributed by atoms with Gasteiger partial charge < -0.3 is 5.32 Å². The molecule has 0 spiro atoms. The molecule has 0 aliphatic heterocycles. The molecule has 82 valence electrons. The second-order valence-electron chi connectivity index (χ2n) is 3.79. The van der Waals surface area contributed by atoms with Gasteiger partial charge in [-0.25, -0.2) is 0 Å². The minimum Gasteiger partial charge on any atom is -0.310 e. The van der Waals surface area contributed by atoms with Gasteiger partial charge in [-0.2, -0.15) is 0 Å². The van der Waals surface area contributed by atoms with Crippen LogP contribution in [0.1, 0.15) is 17.3 Å². The fourth-order valence-electron chi connectivity index (χ4n) is 1.59. The van der Waals surface area contributed by atoms with Crippen molar-refractivity contribution in [2.24, 2.45) is 0 Å². The Morgan fingerprint density at radius 2 is 2.12 bits per heavy atom. The lowest BCUT2D eigenvalue weighted by Crippen LogP contribution is -2.30. The van der Waals surface area contributed by atoms with Crippen molar-refractivity contribution in [3.63, 3.8) is 0 Å². The molecule has 2 rings (SSSR count). The number of carbonyl (C=O) groups is 1. The van der Waals surface area contributed by atoms with E-state index in [1.165, 1.54) is 0 Å². The molecule has 16 heavy (non-hydrogen) atoms. The Bertz CT molecular complexity index is 522. The van der Waals surface area contributed by atoms with Gasteiger partial charge in [0.2, 0.25) is 0 Å². The lowest BCUT2D eigenvalue weighted by atomic mass is 10.1. The van der Waals surface area contributed by atoms with Crippen LogP contribution in [-0.4, -0.2) is 23.9 Å². The molecule has 0 aliphatic carbocycles. The van der Waals surface area contributed by atoms with Crippen LogP contribution in [-0.2, 0) is 0 Å². The molecular formula is C13H14N2O. The van der Waals surface area contributed by atoms with Crippen molar-refractivity contribution in [2.75, 3.05) is 7.05 Å². The number of likely N-dealkylation sites (N-methyl/N-ethyl adjacent to an activating group) is 1. The van der Waals surface area contributed by atoms with E-state index in [0.717, 1.165) is 10.9 Å². The zero-order valence-electron chi connectivity index (χ0n) is 9.40. The van der Waals surface area contributed by atoms with Crippen LogP contribution >= 0.6 is 0 Å². The highest BCUT2D eigenvalue weighted by molar-refractivity contribution is 6.01. The second kappa shape index (κ2) is 4.41. The van der Waals surface area contributed by atoms with Crippen molar-refractivity contribution in [1.29, 1.82) is 0 Å². The molecule has 0 amide bonds. The maximum atomic E-state index is 11.9. The first-order chi connectivity index (χ1) is 7.72. The number of ketones is 1. The number of benzene rings is 1. The molecule has 0 radical (unpaired) electrons. The summed E-state index contributed by atoms with van der Waals surface area (Å²) in [6.07, 6.45) is 1.64. The van der Waals surface area contributed by atoms with E-state index in [1.54, 1.807) is 13.2 Å².